The summed E-state index contributed by atoms with van der Waals surface area (Å²) in [5, 5.41) is 11.9. The van der Waals surface area contributed by atoms with Gasteiger partial charge in [-0.2, -0.15) is 0 Å². The van der Waals surface area contributed by atoms with Gasteiger partial charge in [0.2, 0.25) is 12.0 Å². The molecule has 15 heteroatoms. The van der Waals surface area contributed by atoms with Crippen LogP contribution in [0.1, 0.15) is 40.5 Å². The first kappa shape index (κ1) is 39.9. The lowest BCUT2D eigenvalue weighted by atomic mass is 9.97. The third-order valence-electron chi connectivity index (χ3n) is 11.2. The van der Waals surface area contributed by atoms with E-state index in [-0.39, 0.29) is 31.6 Å². The number of aromatic nitrogens is 4. The molecule has 1 aliphatic carbocycles. The lowest BCUT2D eigenvalue weighted by Crippen LogP contribution is -2.49. The van der Waals surface area contributed by atoms with Crippen LogP contribution in [0.25, 0.3) is 32.7 Å². The van der Waals surface area contributed by atoms with E-state index < -0.39 is 12.1 Å². The Morgan fingerprint density at radius 3 is 2.62 bits per heavy atom. The fraction of sp³-hybridized carbons (Fsp3) is 0.356. The maximum Gasteiger partial charge on any atom is 0.345 e. The number of hydrogen-bond donors (Lipinski definition) is 1. The van der Waals surface area contributed by atoms with Gasteiger partial charge in [-0.3, -0.25) is 4.90 Å². The molecular weight excluding hydrogens is 804 g/mol. The van der Waals surface area contributed by atoms with Crippen molar-refractivity contribution in [3.05, 3.63) is 99.9 Å². The molecule has 0 unspecified atom stereocenters. The van der Waals surface area contributed by atoms with E-state index in [0.29, 0.717) is 63.0 Å². The molecule has 1 saturated carbocycles. The van der Waals surface area contributed by atoms with Crippen molar-refractivity contribution in [2.45, 2.75) is 50.9 Å². The first-order valence-corrected chi connectivity index (χ1v) is 21.3. The van der Waals surface area contributed by atoms with Crippen LogP contribution in [0.15, 0.2) is 73.2 Å². The molecule has 0 amide bonds. The van der Waals surface area contributed by atoms with Gasteiger partial charge in [0.15, 0.2) is 5.82 Å². The van der Waals surface area contributed by atoms with Crippen molar-refractivity contribution in [3.8, 4) is 51.4 Å². The summed E-state index contributed by atoms with van der Waals surface area (Å²) in [5.41, 5.74) is 4.62. The van der Waals surface area contributed by atoms with Gasteiger partial charge in [0.05, 0.1) is 28.8 Å². The molecule has 4 bridgehead atoms. The number of hydrogen-bond acceptors (Lipinski definition) is 13. The first-order valence-electron chi connectivity index (χ1n) is 20.1. The number of fused-ring (bicyclic) bond motifs is 7. The first-order chi connectivity index (χ1) is 29.2. The van der Waals surface area contributed by atoms with Crippen LogP contribution in [-0.2, 0) is 17.8 Å². The number of thiophene rings is 1. The van der Waals surface area contributed by atoms with E-state index in [9.17, 15) is 9.90 Å². The van der Waals surface area contributed by atoms with E-state index in [4.69, 9.17) is 40.3 Å². The van der Waals surface area contributed by atoms with Gasteiger partial charge in [0.1, 0.15) is 53.5 Å². The van der Waals surface area contributed by atoms with Crippen LogP contribution < -0.4 is 23.7 Å². The molecule has 3 aromatic carbocycles. The van der Waals surface area contributed by atoms with Crippen LogP contribution in [0.4, 0.5) is 0 Å². The Hall–Kier alpha value is -5.54. The number of ether oxygens (including phenoxy) is 5. The summed E-state index contributed by atoms with van der Waals surface area (Å²) in [4.78, 5) is 38.2. The second kappa shape index (κ2) is 17.2. The second-order valence-corrected chi connectivity index (χ2v) is 16.9. The van der Waals surface area contributed by atoms with E-state index >= 15 is 0 Å². The number of rotatable bonds is 9. The van der Waals surface area contributed by atoms with E-state index in [2.05, 4.69) is 31.8 Å². The number of nitrogens with zero attached hydrogens (tertiary/aromatic N) is 6. The summed E-state index contributed by atoms with van der Waals surface area (Å²) in [6, 6.07) is 18.7. The molecule has 1 N–H and O–H groups in total. The summed E-state index contributed by atoms with van der Waals surface area (Å²) in [6.07, 6.45) is 3.44. The van der Waals surface area contributed by atoms with Gasteiger partial charge in [-0.1, -0.05) is 29.8 Å². The fourth-order valence-corrected chi connectivity index (χ4v) is 9.32. The Morgan fingerprint density at radius 2 is 1.82 bits per heavy atom. The topological polar surface area (TPSA) is 141 Å². The minimum absolute atomic E-state index is 0.0566. The lowest BCUT2D eigenvalue weighted by Gasteiger charge is -2.34. The normalized spacial score (nSPS) is 18.6. The monoisotopic (exact) mass is 848 g/mol. The number of likely N-dealkylation sites (N-methyl/N-ethyl adjacent to an activating group) is 1. The molecule has 60 heavy (non-hydrogen) atoms. The van der Waals surface area contributed by atoms with Crippen molar-refractivity contribution in [2.75, 3.05) is 53.5 Å². The highest BCUT2D eigenvalue weighted by Gasteiger charge is 2.34. The Kier molecular flexibility index (Phi) is 11.4. The largest absolute Gasteiger partial charge is 0.496 e. The Morgan fingerprint density at radius 1 is 0.983 bits per heavy atom. The predicted molar refractivity (Wildman–Crippen MR) is 229 cm³/mol. The average molecular weight is 849 g/mol. The van der Waals surface area contributed by atoms with Gasteiger partial charge < -0.3 is 33.7 Å². The molecule has 2 atom stereocenters. The Balaban J connectivity index is 1.10. The van der Waals surface area contributed by atoms with Crippen molar-refractivity contribution in [1.82, 2.24) is 29.7 Å². The number of carbonyl (C=O) groups is 1. The summed E-state index contributed by atoms with van der Waals surface area (Å²) in [7, 11) is 3.74. The molecule has 3 aliphatic heterocycles. The Labute approximate surface area is 356 Å². The summed E-state index contributed by atoms with van der Waals surface area (Å²) in [5.74, 6) is 2.09. The van der Waals surface area contributed by atoms with Gasteiger partial charge in [-0.15, -0.1) is 11.3 Å². The maximum absolute atomic E-state index is 13.1. The number of piperazine rings is 1. The molecular formula is C45H45ClN6O7S. The smallest absolute Gasteiger partial charge is 0.345 e. The minimum Gasteiger partial charge on any atom is -0.496 e. The third kappa shape index (κ3) is 8.42. The zero-order chi connectivity index (χ0) is 41.3. The molecule has 10 rings (SSSR count). The van der Waals surface area contributed by atoms with Crippen molar-refractivity contribution in [2.24, 2.45) is 0 Å². The van der Waals surface area contributed by atoms with E-state index in [1.807, 2.05) is 55.5 Å². The second-order valence-electron chi connectivity index (χ2n) is 15.5. The molecule has 0 spiro atoms. The number of carboxylic acid groups (broad SMARTS) is 1. The molecule has 1 saturated heterocycles. The van der Waals surface area contributed by atoms with Gasteiger partial charge in [-0.05, 0) is 86.3 Å². The molecule has 13 nitrogen and oxygen atoms in total. The van der Waals surface area contributed by atoms with Gasteiger partial charge >= 0.3 is 5.97 Å². The maximum atomic E-state index is 13.1. The number of benzene rings is 3. The van der Waals surface area contributed by atoms with E-state index in [0.717, 1.165) is 71.0 Å². The SMILES string of the molecule is COc1ccccc1-c1nccc(COc2ccc3cc2C[C@@H](C(=O)O)Oc2ncnc4sc(C5CC5)c(c24)-c2ccc(c(Cl)c2C)O[C@H](CN2CCN(C)CC2)CO3)n1. The minimum atomic E-state index is -1.34. The molecule has 6 aromatic rings. The van der Waals surface area contributed by atoms with Gasteiger partial charge in [-0.25, -0.2) is 24.7 Å². The highest BCUT2D eigenvalue weighted by molar-refractivity contribution is 7.19. The zero-order valence-corrected chi connectivity index (χ0v) is 35.2. The Bertz CT molecular complexity index is 2540. The number of para-hydroxylation sites is 1. The standard InChI is InChI=1S/C45H45ClN6O7S/c1-26-32-11-13-36(40(26)46)58-31(22-52-18-16-51(2)17-19-52)24-56-30-10-12-34(57-23-29-14-15-47-42(50-29)33-6-4-5-7-35(33)55-3)28(20-30)21-37(45(53)54)59-43-39-38(32)41(27-8-9-27)60-44(39)49-25-48-43/h4-7,10-15,20,25,27,31,37H,8-9,16-19,21-24H2,1-3H3,(H,53,54)/t31-,37+/m1/s1. The molecule has 0 radical (unpaired) electrons. The predicted octanol–water partition coefficient (Wildman–Crippen LogP) is 7.70. The van der Waals surface area contributed by atoms with Crippen molar-refractivity contribution >= 4 is 39.1 Å². The van der Waals surface area contributed by atoms with E-state index in [1.54, 1.807) is 36.8 Å². The van der Waals surface area contributed by atoms with Crippen LogP contribution in [0.2, 0.25) is 5.02 Å². The van der Waals surface area contributed by atoms with Gasteiger partial charge in [0.25, 0.3) is 0 Å². The van der Waals surface area contributed by atoms with Crippen LogP contribution in [0.5, 0.6) is 28.9 Å². The van der Waals surface area contributed by atoms with Crippen LogP contribution in [0, 0.1) is 6.92 Å². The molecule has 6 heterocycles. The number of halogens is 1. The van der Waals surface area contributed by atoms with Crippen LogP contribution >= 0.6 is 22.9 Å². The number of carboxylic acids is 1. The number of aliphatic carboxylic acids is 1. The average Bonchev–Trinajstić information content (AvgIpc) is 4.04. The number of methoxy groups -OCH3 is 1. The molecule has 4 aliphatic rings. The van der Waals surface area contributed by atoms with Crippen molar-refractivity contribution < 1.29 is 33.6 Å². The summed E-state index contributed by atoms with van der Waals surface area (Å²) >= 11 is 8.80. The van der Waals surface area contributed by atoms with E-state index in [1.165, 1.54) is 6.33 Å². The highest BCUT2D eigenvalue weighted by atomic mass is 35.5. The summed E-state index contributed by atoms with van der Waals surface area (Å²) in [6.45, 7) is 6.65. The molecule has 2 fully saturated rings. The quantitative estimate of drug-likeness (QED) is 0.152. The van der Waals surface area contributed by atoms with Crippen LogP contribution in [-0.4, -0.2) is 107 Å². The molecule has 3 aromatic heterocycles. The third-order valence-corrected chi connectivity index (χ3v) is 13.0. The van der Waals surface area contributed by atoms with Crippen molar-refractivity contribution in [3.63, 3.8) is 0 Å². The fourth-order valence-electron chi connectivity index (χ4n) is 7.79. The van der Waals surface area contributed by atoms with Crippen molar-refractivity contribution in [1.29, 1.82) is 0 Å². The summed E-state index contributed by atoms with van der Waals surface area (Å²) < 4.78 is 31.7. The lowest BCUT2D eigenvalue weighted by molar-refractivity contribution is -0.145. The molecule has 310 valence electrons. The van der Waals surface area contributed by atoms with Crippen LogP contribution in [0.3, 0.4) is 0 Å². The highest BCUT2D eigenvalue weighted by Crippen LogP contribution is 2.54. The zero-order valence-electron chi connectivity index (χ0n) is 33.6. The van der Waals surface area contributed by atoms with Gasteiger partial charge in [0, 0.05) is 61.3 Å².